The van der Waals surface area contributed by atoms with Crippen molar-refractivity contribution in [2.45, 2.75) is 51.5 Å². The molecule has 0 bridgehead atoms. The quantitative estimate of drug-likeness (QED) is 0.733. The Hall–Kier alpha value is -1.44. The molecule has 1 aromatic rings. The van der Waals surface area contributed by atoms with Gasteiger partial charge < -0.3 is 5.32 Å². The fourth-order valence-corrected chi connectivity index (χ4v) is 4.59. The van der Waals surface area contributed by atoms with E-state index in [1.54, 1.807) is 12.1 Å². The van der Waals surface area contributed by atoms with Crippen LogP contribution in [0.15, 0.2) is 29.2 Å². The molecule has 1 saturated heterocycles. The van der Waals surface area contributed by atoms with E-state index in [-0.39, 0.29) is 11.9 Å². The second-order valence-corrected chi connectivity index (χ2v) is 9.87. The molecule has 0 saturated carbocycles. The van der Waals surface area contributed by atoms with Gasteiger partial charge >= 0.3 is 0 Å². The third-order valence-corrected chi connectivity index (χ3v) is 6.85. The highest BCUT2D eigenvalue weighted by Gasteiger charge is 2.29. The zero-order chi connectivity index (χ0) is 20.0. The fraction of sp³-hybridized carbons (Fsp3) is 0.650. The molecule has 27 heavy (non-hydrogen) atoms. The van der Waals surface area contributed by atoms with Crippen LogP contribution in [-0.2, 0) is 14.8 Å². The number of sulfonamides is 1. The topological polar surface area (TPSA) is 69.7 Å². The van der Waals surface area contributed by atoms with Crippen molar-refractivity contribution >= 4 is 15.9 Å². The van der Waals surface area contributed by atoms with Crippen molar-refractivity contribution in [3.8, 4) is 0 Å². The molecule has 1 N–H and O–H groups in total. The number of nitrogens with one attached hydrogen (secondary N) is 1. The van der Waals surface area contributed by atoms with Crippen molar-refractivity contribution < 1.29 is 13.2 Å². The molecule has 1 amide bonds. The molecule has 1 heterocycles. The predicted octanol–water partition coefficient (Wildman–Crippen LogP) is 2.24. The molecule has 6 nitrogen and oxygen atoms in total. The van der Waals surface area contributed by atoms with E-state index in [0.717, 1.165) is 18.4 Å². The molecule has 1 atom stereocenters. The Labute approximate surface area is 164 Å². The lowest BCUT2D eigenvalue weighted by molar-refractivity contribution is -0.123. The normalized spacial score (nSPS) is 17.8. The van der Waals surface area contributed by atoms with E-state index >= 15 is 0 Å². The zero-order valence-corrected chi connectivity index (χ0v) is 17.8. The first-order chi connectivity index (χ1) is 12.7. The molecule has 152 valence electrons. The largest absolute Gasteiger partial charge is 0.353 e. The van der Waals surface area contributed by atoms with Crippen LogP contribution in [0.25, 0.3) is 0 Å². The van der Waals surface area contributed by atoms with Crippen LogP contribution >= 0.6 is 0 Å². The first-order valence-corrected chi connectivity index (χ1v) is 11.2. The molecular formula is C20H33N3O3S. The lowest BCUT2D eigenvalue weighted by atomic mass is 10.0. The van der Waals surface area contributed by atoms with E-state index in [9.17, 15) is 13.2 Å². The van der Waals surface area contributed by atoms with Gasteiger partial charge in [0.15, 0.2) is 0 Å². The number of hydrogen-bond acceptors (Lipinski definition) is 4. The Morgan fingerprint density at radius 2 is 1.63 bits per heavy atom. The molecular weight excluding hydrogens is 362 g/mol. The second kappa shape index (κ2) is 9.66. The van der Waals surface area contributed by atoms with Crippen LogP contribution in [-0.4, -0.2) is 62.3 Å². The van der Waals surface area contributed by atoms with Crippen molar-refractivity contribution in [2.75, 3.05) is 32.7 Å². The van der Waals surface area contributed by atoms with Crippen LogP contribution < -0.4 is 5.32 Å². The zero-order valence-electron chi connectivity index (χ0n) is 16.9. The number of hydrogen-bond donors (Lipinski definition) is 1. The fourth-order valence-electron chi connectivity index (χ4n) is 3.17. The standard InChI is InChI=1S/C20H33N3O3S/c1-16(2)5-8-18(4)21-20(24)15-22-11-13-23(14-12-22)27(25,26)19-9-6-17(3)7-10-19/h6-7,9-10,16,18H,5,8,11-15H2,1-4H3,(H,21,24)/t18-/m1/s1. The Bertz CT molecular complexity index is 708. The number of carbonyl (C=O) groups is 1. The van der Waals surface area contributed by atoms with Gasteiger partial charge in [0.2, 0.25) is 15.9 Å². The van der Waals surface area contributed by atoms with Crippen LogP contribution in [0, 0.1) is 12.8 Å². The highest BCUT2D eigenvalue weighted by molar-refractivity contribution is 7.89. The average molecular weight is 396 g/mol. The number of piperazine rings is 1. The molecule has 0 radical (unpaired) electrons. The monoisotopic (exact) mass is 395 g/mol. The van der Waals surface area contributed by atoms with Gasteiger partial charge in [-0.25, -0.2) is 8.42 Å². The summed E-state index contributed by atoms with van der Waals surface area (Å²) in [5.41, 5.74) is 1.03. The molecule has 0 aliphatic carbocycles. The summed E-state index contributed by atoms with van der Waals surface area (Å²) in [4.78, 5) is 14.6. The molecule has 0 spiro atoms. The maximum atomic E-state index is 12.7. The lowest BCUT2D eigenvalue weighted by Gasteiger charge is -2.33. The minimum absolute atomic E-state index is 0.0149. The minimum Gasteiger partial charge on any atom is -0.353 e. The summed E-state index contributed by atoms with van der Waals surface area (Å²) in [6, 6.07) is 7.11. The SMILES string of the molecule is Cc1ccc(S(=O)(=O)N2CCN(CC(=O)N[C@H](C)CCC(C)C)CC2)cc1. The molecule has 0 aromatic heterocycles. The van der Waals surface area contributed by atoms with E-state index in [2.05, 4.69) is 19.2 Å². The van der Waals surface area contributed by atoms with Crippen LogP contribution in [0.1, 0.15) is 39.2 Å². The third-order valence-electron chi connectivity index (χ3n) is 4.94. The van der Waals surface area contributed by atoms with Gasteiger partial charge in [-0.05, 0) is 44.7 Å². The van der Waals surface area contributed by atoms with E-state index in [1.807, 2.05) is 30.9 Å². The molecule has 1 aliphatic rings. The maximum absolute atomic E-state index is 12.7. The smallest absolute Gasteiger partial charge is 0.243 e. The highest BCUT2D eigenvalue weighted by atomic mass is 32.2. The summed E-state index contributed by atoms with van der Waals surface area (Å²) in [5.74, 6) is 0.647. The Morgan fingerprint density at radius 3 is 2.19 bits per heavy atom. The summed E-state index contributed by atoms with van der Waals surface area (Å²) in [6.07, 6.45) is 2.07. The van der Waals surface area contributed by atoms with Gasteiger partial charge in [-0.2, -0.15) is 4.31 Å². The average Bonchev–Trinajstić information content (AvgIpc) is 2.60. The van der Waals surface area contributed by atoms with E-state index in [0.29, 0.717) is 43.5 Å². The van der Waals surface area contributed by atoms with Crippen molar-refractivity contribution in [3.63, 3.8) is 0 Å². The van der Waals surface area contributed by atoms with Gasteiger partial charge in [0.05, 0.1) is 11.4 Å². The second-order valence-electron chi connectivity index (χ2n) is 7.93. The molecule has 1 aliphatic heterocycles. The molecule has 0 unspecified atom stereocenters. The third kappa shape index (κ3) is 6.59. The predicted molar refractivity (Wildman–Crippen MR) is 108 cm³/mol. The highest BCUT2D eigenvalue weighted by Crippen LogP contribution is 2.18. The Morgan fingerprint density at radius 1 is 1.04 bits per heavy atom. The number of rotatable bonds is 8. The number of carbonyl (C=O) groups excluding carboxylic acids is 1. The number of aryl methyl sites for hydroxylation is 1. The van der Waals surface area contributed by atoms with Gasteiger partial charge in [0.1, 0.15) is 0 Å². The molecule has 7 heteroatoms. The van der Waals surface area contributed by atoms with E-state index in [1.165, 1.54) is 4.31 Å². The number of amides is 1. The van der Waals surface area contributed by atoms with Crippen LogP contribution in [0.5, 0.6) is 0 Å². The van der Waals surface area contributed by atoms with E-state index < -0.39 is 10.0 Å². The summed E-state index contributed by atoms with van der Waals surface area (Å²) in [5, 5.41) is 3.04. The lowest BCUT2D eigenvalue weighted by Crippen LogP contribution is -2.51. The Kier molecular flexibility index (Phi) is 7.82. The van der Waals surface area contributed by atoms with Gasteiger partial charge in [-0.3, -0.25) is 9.69 Å². The molecule has 1 aromatic carbocycles. The molecule has 1 fully saturated rings. The maximum Gasteiger partial charge on any atom is 0.243 e. The number of nitrogens with zero attached hydrogens (tertiary/aromatic N) is 2. The summed E-state index contributed by atoms with van der Waals surface area (Å²) in [7, 11) is -3.46. The van der Waals surface area contributed by atoms with Crippen molar-refractivity contribution in [3.05, 3.63) is 29.8 Å². The van der Waals surface area contributed by atoms with Crippen LogP contribution in [0.2, 0.25) is 0 Å². The van der Waals surface area contributed by atoms with Crippen LogP contribution in [0.4, 0.5) is 0 Å². The van der Waals surface area contributed by atoms with Crippen molar-refractivity contribution in [1.82, 2.24) is 14.5 Å². The van der Waals surface area contributed by atoms with Gasteiger partial charge in [-0.15, -0.1) is 0 Å². The number of benzene rings is 1. The first kappa shape index (κ1) is 21.9. The molecule has 2 rings (SSSR count). The van der Waals surface area contributed by atoms with Gasteiger partial charge in [0, 0.05) is 32.2 Å². The summed E-state index contributed by atoms with van der Waals surface area (Å²) >= 11 is 0. The van der Waals surface area contributed by atoms with E-state index in [4.69, 9.17) is 0 Å². The van der Waals surface area contributed by atoms with Crippen molar-refractivity contribution in [1.29, 1.82) is 0 Å². The van der Waals surface area contributed by atoms with Gasteiger partial charge in [-0.1, -0.05) is 31.5 Å². The summed E-state index contributed by atoms with van der Waals surface area (Å²) < 4.78 is 27.0. The van der Waals surface area contributed by atoms with Gasteiger partial charge in [0.25, 0.3) is 0 Å². The minimum atomic E-state index is -3.46. The summed E-state index contributed by atoms with van der Waals surface area (Å²) in [6.45, 7) is 10.6. The Balaban J connectivity index is 1.81. The first-order valence-electron chi connectivity index (χ1n) is 9.77. The van der Waals surface area contributed by atoms with Crippen LogP contribution in [0.3, 0.4) is 0 Å². The van der Waals surface area contributed by atoms with Crippen molar-refractivity contribution in [2.24, 2.45) is 5.92 Å².